The molecule has 2 nitrogen and oxygen atoms in total. The first-order valence-corrected chi connectivity index (χ1v) is 5.87. The van der Waals surface area contributed by atoms with Crippen LogP contribution in [0.1, 0.15) is 27.2 Å². The second-order valence-electron chi connectivity index (χ2n) is 3.14. The highest BCUT2D eigenvalue weighted by Gasteiger charge is 2.21. The van der Waals surface area contributed by atoms with Gasteiger partial charge >= 0.3 is 0 Å². The maximum absolute atomic E-state index is 11.6. The normalized spacial score (nSPS) is 16.3. The van der Waals surface area contributed by atoms with Gasteiger partial charge in [0.1, 0.15) is 0 Å². The van der Waals surface area contributed by atoms with Crippen molar-refractivity contribution >= 4 is 33.2 Å². The molecule has 1 aliphatic rings. The number of nitrogens with one attached hydrogen (secondary N) is 1. The number of thiophene rings is 1. The molecule has 0 atom stereocenters. The van der Waals surface area contributed by atoms with E-state index in [1.54, 1.807) is 11.3 Å². The molecule has 4 heteroatoms. The van der Waals surface area contributed by atoms with Gasteiger partial charge in [0.2, 0.25) is 0 Å². The summed E-state index contributed by atoms with van der Waals surface area (Å²) < 4.78 is 1.12. The number of fused-ring (bicyclic) bond motifs is 1. The molecule has 0 aliphatic carbocycles. The van der Waals surface area contributed by atoms with Gasteiger partial charge in [0.25, 0.3) is 5.91 Å². The van der Waals surface area contributed by atoms with Crippen molar-refractivity contribution in [3.63, 3.8) is 0 Å². The van der Waals surface area contributed by atoms with E-state index in [-0.39, 0.29) is 5.91 Å². The highest BCUT2D eigenvalue weighted by atomic mass is 79.9. The summed E-state index contributed by atoms with van der Waals surface area (Å²) in [4.78, 5) is 12.7. The van der Waals surface area contributed by atoms with Crippen LogP contribution in [0.4, 0.5) is 0 Å². The molecule has 0 saturated carbocycles. The van der Waals surface area contributed by atoms with Gasteiger partial charge < -0.3 is 5.32 Å². The number of carbonyl (C=O) groups excluding carboxylic acids is 1. The van der Waals surface area contributed by atoms with Crippen molar-refractivity contribution in [3.8, 4) is 0 Å². The molecule has 1 amide bonds. The minimum atomic E-state index is 0.0898. The van der Waals surface area contributed by atoms with E-state index in [0.717, 1.165) is 33.6 Å². The molecule has 13 heavy (non-hydrogen) atoms. The summed E-state index contributed by atoms with van der Waals surface area (Å²) in [6.45, 7) is 2.79. The molecule has 2 rings (SSSR count). The van der Waals surface area contributed by atoms with Gasteiger partial charge in [-0.1, -0.05) is 0 Å². The zero-order valence-electron chi connectivity index (χ0n) is 7.32. The number of carbonyl (C=O) groups is 1. The second-order valence-corrected chi connectivity index (χ2v) is 5.69. The van der Waals surface area contributed by atoms with Crippen LogP contribution in [0.3, 0.4) is 0 Å². The molecule has 0 saturated heterocycles. The minimum Gasteiger partial charge on any atom is -0.352 e. The summed E-state index contributed by atoms with van der Waals surface area (Å²) in [5, 5.41) is 2.90. The van der Waals surface area contributed by atoms with Crippen LogP contribution in [0.25, 0.3) is 0 Å². The number of rotatable bonds is 0. The van der Waals surface area contributed by atoms with E-state index in [4.69, 9.17) is 0 Å². The standard InChI is InChI=1S/C9H10BrNOS/c1-5-7-6(8(10)13-5)3-2-4-11-9(7)12/h2-4H2,1H3,(H,11,12). The quantitative estimate of drug-likeness (QED) is 0.763. The number of amides is 1. The molecular formula is C9H10BrNOS. The smallest absolute Gasteiger partial charge is 0.252 e. The van der Waals surface area contributed by atoms with Crippen LogP contribution in [0.5, 0.6) is 0 Å². The molecule has 0 fully saturated rings. The maximum atomic E-state index is 11.6. The Morgan fingerprint density at radius 1 is 1.54 bits per heavy atom. The van der Waals surface area contributed by atoms with E-state index < -0.39 is 0 Å². The summed E-state index contributed by atoms with van der Waals surface area (Å²) in [5.74, 6) is 0.0898. The third-order valence-electron chi connectivity index (χ3n) is 2.25. The van der Waals surface area contributed by atoms with Crippen molar-refractivity contribution < 1.29 is 4.79 Å². The van der Waals surface area contributed by atoms with Gasteiger partial charge in [-0.25, -0.2) is 0 Å². The van der Waals surface area contributed by atoms with Crippen LogP contribution in [0.2, 0.25) is 0 Å². The molecule has 1 aliphatic heterocycles. The predicted molar refractivity (Wildman–Crippen MR) is 57.4 cm³/mol. The van der Waals surface area contributed by atoms with Crippen molar-refractivity contribution in [3.05, 3.63) is 19.8 Å². The predicted octanol–water partition coefficient (Wildman–Crippen LogP) is 2.50. The van der Waals surface area contributed by atoms with Gasteiger partial charge in [-0.2, -0.15) is 0 Å². The Bertz CT molecular complexity index is 359. The molecule has 0 radical (unpaired) electrons. The Labute approximate surface area is 89.5 Å². The molecule has 1 aromatic heterocycles. The van der Waals surface area contributed by atoms with Crippen LogP contribution >= 0.6 is 27.3 Å². The lowest BCUT2D eigenvalue weighted by Crippen LogP contribution is -2.22. The van der Waals surface area contributed by atoms with Crippen LogP contribution in [-0.2, 0) is 6.42 Å². The summed E-state index contributed by atoms with van der Waals surface area (Å²) in [6, 6.07) is 0. The van der Waals surface area contributed by atoms with E-state index in [9.17, 15) is 4.79 Å². The third-order valence-corrected chi connectivity index (χ3v) is 4.15. The Kier molecular flexibility index (Phi) is 2.43. The van der Waals surface area contributed by atoms with Gasteiger partial charge in [0.05, 0.1) is 9.35 Å². The van der Waals surface area contributed by atoms with Crippen molar-refractivity contribution in [2.24, 2.45) is 0 Å². The second kappa shape index (κ2) is 3.42. The number of halogens is 1. The van der Waals surface area contributed by atoms with Crippen LogP contribution in [0, 0.1) is 6.92 Å². The van der Waals surface area contributed by atoms with Crippen molar-refractivity contribution in [1.82, 2.24) is 5.32 Å². The van der Waals surface area contributed by atoms with Gasteiger partial charge in [-0.15, -0.1) is 11.3 Å². The summed E-state index contributed by atoms with van der Waals surface area (Å²) >= 11 is 5.16. The Hall–Kier alpha value is -0.350. The molecular weight excluding hydrogens is 250 g/mol. The highest BCUT2D eigenvalue weighted by Crippen LogP contribution is 2.34. The topological polar surface area (TPSA) is 29.1 Å². The highest BCUT2D eigenvalue weighted by molar-refractivity contribution is 9.11. The summed E-state index contributed by atoms with van der Waals surface area (Å²) in [5.41, 5.74) is 2.09. The Morgan fingerprint density at radius 3 is 3.08 bits per heavy atom. The van der Waals surface area contributed by atoms with Crippen molar-refractivity contribution in [2.75, 3.05) is 6.54 Å². The fourth-order valence-corrected chi connectivity index (χ4v) is 3.67. The monoisotopic (exact) mass is 259 g/mol. The summed E-state index contributed by atoms with van der Waals surface area (Å²) in [7, 11) is 0. The first-order valence-electron chi connectivity index (χ1n) is 4.26. The zero-order chi connectivity index (χ0) is 9.42. The van der Waals surface area contributed by atoms with Gasteiger partial charge in [-0.05, 0) is 41.3 Å². The fourth-order valence-electron chi connectivity index (χ4n) is 1.63. The number of hydrogen-bond donors (Lipinski definition) is 1. The first kappa shape index (κ1) is 9.21. The average molecular weight is 260 g/mol. The Morgan fingerprint density at radius 2 is 2.31 bits per heavy atom. The van der Waals surface area contributed by atoms with Crippen LogP contribution in [0.15, 0.2) is 3.79 Å². The van der Waals surface area contributed by atoms with Gasteiger partial charge in [-0.3, -0.25) is 4.79 Å². The summed E-state index contributed by atoms with van der Waals surface area (Å²) in [6.07, 6.45) is 2.03. The first-order chi connectivity index (χ1) is 6.20. The molecule has 0 spiro atoms. The Balaban J connectivity index is 2.56. The maximum Gasteiger partial charge on any atom is 0.252 e. The van der Waals surface area contributed by atoms with E-state index in [2.05, 4.69) is 21.2 Å². The van der Waals surface area contributed by atoms with Crippen molar-refractivity contribution in [2.45, 2.75) is 19.8 Å². The fraction of sp³-hybridized carbons (Fsp3) is 0.444. The molecule has 70 valence electrons. The van der Waals surface area contributed by atoms with Gasteiger partial charge in [0.15, 0.2) is 0 Å². The third kappa shape index (κ3) is 1.53. The lowest BCUT2D eigenvalue weighted by atomic mass is 10.1. The molecule has 0 bridgehead atoms. The SMILES string of the molecule is Cc1sc(Br)c2c1C(=O)NCCC2. The molecule has 0 unspecified atom stereocenters. The molecule has 1 N–H and O–H groups in total. The van der Waals surface area contributed by atoms with Crippen LogP contribution in [-0.4, -0.2) is 12.5 Å². The van der Waals surface area contributed by atoms with E-state index in [1.165, 1.54) is 5.56 Å². The van der Waals surface area contributed by atoms with E-state index >= 15 is 0 Å². The lowest BCUT2D eigenvalue weighted by Gasteiger charge is -1.99. The number of hydrogen-bond acceptors (Lipinski definition) is 2. The van der Waals surface area contributed by atoms with Crippen molar-refractivity contribution in [1.29, 1.82) is 0 Å². The van der Waals surface area contributed by atoms with E-state index in [0.29, 0.717) is 0 Å². The van der Waals surface area contributed by atoms with E-state index in [1.807, 2.05) is 6.92 Å². The largest absolute Gasteiger partial charge is 0.352 e. The zero-order valence-corrected chi connectivity index (χ0v) is 9.72. The lowest BCUT2D eigenvalue weighted by molar-refractivity contribution is 0.0956. The number of aryl methyl sites for hydroxylation is 1. The molecule has 2 heterocycles. The average Bonchev–Trinajstić information content (AvgIpc) is 2.28. The van der Waals surface area contributed by atoms with Gasteiger partial charge in [0, 0.05) is 11.4 Å². The molecule has 0 aromatic carbocycles. The minimum absolute atomic E-state index is 0.0898. The molecule has 1 aromatic rings. The van der Waals surface area contributed by atoms with Crippen LogP contribution < -0.4 is 5.32 Å².